The lowest BCUT2D eigenvalue weighted by Gasteiger charge is -2.49. The third kappa shape index (κ3) is 1.57. The molecule has 1 fully saturated rings. The molecule has 120 valence electrons. The molecule has 0 amide bonds. The fourth-order valence-corrected chi connectivity index (χ4v) is 1.62. The maximum Gasteiger partial charge on any atom is 0.403 e. The molecule has 0 radical (unpaired) electrons. The Hall–Kier alpha value is -0.910. The van der Waals surface area contributed by atoms with Crippen LogP contribution in [0.4, 0.5) is 57.1 Å². The Morgan fingerprint density at radius 2 is 0.750 bits per heavy atom. The van der Waals surface area contributed by atoms with Crippen LogP contribution in [0.2, 0.25) is 0 Å². The lowest BCUT2D eigenvalue weighted by atomic mass is 9.74. The van der Waals surface area contributed by atoms with Gasteiger partial charge in [-0.1, -0.05) is 0 Å². The van der Waals surface area contributed by atoms with E-state index in [1.54, 1.807) is 0 Å². The van der Waals surface area contributed by atoms with Crippen molar-refractivity contribution in [3.05, 3.63) is 0 Å². The van der Waals surface area contributed by atoms with Crippen molar-refractivity contribution in [3.8, 4) is 0 Å². The highest BCUT2D eigenvalue weighted by molar-refractivity contribution is 5.20. The molecule has 0 spiro atoms. The molecule has 0 atom stereocenters. The van der Waals surface area contributed by atoms with E-state index in [-0.39, 0.29) is 0 Å². The zero-order chi connectivity index (χ0) is 16.6. The van der Waals surface area contributed by atoms with Crippen LogP contribution in [0.15, 0.2) is 0 Å². The molecule has 0 nitrogen and oxygen atoms in total. The number of halogens is 13. The summed E-state index contributed by atoms with van der Waals surface area (Å²) in [6.45, 7) is 0. The van der Waals surface area contributed by atoms with Crippen molar-refractivity contribution in [2.45, 2.75) is 35.8 Å². The topological polar surface area (TPSA) is 0 Å². The number of rotatable bonds is 0. The zero-order valence-corrected chi connectivity index (χ0v) is 8.49. The molecule has 0 aliphatic heterocycles. The van der Waals surface area contributed by atoms with Gasteiger partial charge >= 0.3 is 35.8 Å². The molecule has 1 saturated carbocycles. The fraction of sp³-hybridized carbons (Fsp3) is 1.00. The van der Waals surface area contributed by atoms with Crippen molar-refractivity contribution in [2.24, 2.45) is 5.92 Å². The molecule has 0 aromatic heterocycles. The van der Waals surface area contributed by atoms with Crippen molar-refractivity contribution in [2.75, 3.05) is 0 Å². The highest BCUT2D eigenvalue weighted by Crippen LogP contribution is 2.69. The second kappa shape index (κ2) is 3.64. The van der Waals surface area contributed by atoms with Crippen LogP contribution in [0.5, 0.6) is 0 Å². The Balaban J connectivity index is 3.74. The van der Waals surface area contributed by atoms with Crippen LogP contribution in [0, 0.1) is 5.92 Å². The Morgan fingerprint density at radius 1 is 0.500 bits per heavy atom. The van der Waals surface area contributed by atoms with Gasteiger partial charge in [0, 0.05) is 0 Å². The van der Waals surface area contributed by atoms with Gasteiger partial charge in [0.25, 0.3) is 0 Å². The van der Waals surface area contributed by atoms with Gasteiger partial charge in [-0.15, -0.1) is 0 Å². The van der Waals surface area contributed by atoms with Crippen LogP contribution in [0.3, 0.4) is 0 Å². The zero-order valence-electron chi connectivity index (χ0n) is 8.49. The Bertz CT molecular complexity index is 371. The molecule has 0 unspecified atom stereocenters. The van der Waals surface area contributed by atoms with Crippen LogP contribution in [-0.2, 0) is 0 Å². The minimum atomic E-state index is -7.38. The van der Waals surface area contributed by atoms with Gasteiger partial charge in [0.15, 0.2) is 5.92 Å². The number of hydrogen-bond acceptors (Lipinski definition) is 0. The highest BCUT2D eigenvalue weighted by atomic mass is 19.4. The predicted molar refractivity (Wildman–Crippen MR) is 34.3 cm³/mol. The fourth-order valence-electron chi connectivity index (χ4n) is 1.62. The first-order valence-electron chi connectivity index (χ1n) is 4.32. The summed E-state index contributed by atoms with van der Waals surface area (Å²) in [4.78, 5) is 0. The van der Waals surface area contributed by atoms with E-state index < -0.39 is 41.7 Å². The second-order valence-corrected chi connectivity index (χ2v) is 3.94. The Labute approximate surface area is 100 Å². The standard InChI is InChI=1S/C7HF13/c8-2(9)1(4(12,13)14)3(10,11)6(17,18)7(19,20)5(2,15)16/h1H. The van der Waals surface area contributed by atoms with Gasteiger partial charge in [0.2, 0.25) is 0 Å². The first kappa shape index (κ1) is 17.1. The van der Waals surface area contributed by atoms with Gasteiger partial charge in [-0.05, 0) is 0 Å². The smallest absolute Gasteiger partial charge is 0.199 e. The van der Waals surface area contributed by atoms with E-state index >= 15 is 0 Å². The Kier molecular flexibility index (Phi) is 3.12. The quantitative estimate of drug-likeness (QED) is 0.579. The van der Waals surface area contributed by atoms with Gasteiger partial charge in [-0.25, -0.2) is 0 Å². The summed E-state index contributed by atoms with van der Waals surface area (Å²) >= 11 is 0. The van der Waals surface area contributed by atoms with E-state index in [4.69, 9.17) is 0 Å². The molecule has 0 bridgehead atoms. The van der Waals surface area contributed by atoms with Gasteiger partial charge < -0.3 is 0 Å². The molecule has 1 aliphatic carbocycles. The van der Waals surface area contributed by atoms with Crippen LogP contribution in [-0.4, -0.2) is 35.8 Å². The molecule has 0 aromatic rings. The van der Waals surface area contributed by atoms with E-state index in [1.807, 2.05) is 0 Å². The summed E-state index contributed by atoms with van der Waals surface area (Å²) in [7, 11) is 0. The summed E-state index contributed by atoms with van der Waals surface area (Å²) in [5.41, 5.74) is 0. The first-order valence-corrected chi connectivity index (χ1v) is 4.32. The molecular weight excluding hydrogens is 331 g/mol. The van der Waals surface area contributed by atoms with Crippen molar-refractivity contribution in [1.82, 2.24) is 0 Å². The lowest BCUT2D eigenvalue weighted by Crippen LogP contribution is -2.79. The highest BCUT2D eigenvalue weighted by Gasteiger charge is 2.98. The molecule has 20 heavy (non-hydrogen) atoms. The largest absolute Gasteiger partial charge is 0.403 e. The van der Waals surface area contributed by atoms with Gasteiger partial charge in [-0.2, -0.15) is 57.1 Å². The molecule has 1 rings (SSSR count). The average Bonchev–Trinajstić information content (AvgIpc) is 2.11. The summed E-state index contributed by atoms with van der Waals surface area (Å²) in [5, 5.41) is 0. The van der Waals surface area contributed by atoms with Crippen LogP contribution in [0.25, 0.3) is 0 Å². The normalized spacial score (nSPS) is 31.1. The predicted octanol–water partition coefficient (Wildman–Crippen LogP) is 4.36. The van der Waals surface area contributed by atoms with Crippen LogP contribution in [0.1, 0.15) is 0 Å². The SMILES string of the molecule is FC(F)(F)C1C(F)(F)C(F)(F)C(F)(F)C(F)(F)C1(F)F. The van der Waals surface area contributed by atoms with Crippen LogP contribution >= 0.6 is 0 Å². The van der Waals surface area contributed by atoms with Crippen molar-refractivity contribution >= 4 is 0 Å². The minimum Gasteiger partial charge on any atom is -0.199 e. The molecule has 0 N–H and O–H groups in total. The van der Waals surface area contributed by atoms with Crippen molar-refractivity contribution < 1.29 is 57.1 Å². The van der Waals surface area contributed by atoms with E-state index in [1.165, 1.54) is 0 Å². The second-order valence-electron chi connectivity index (χ2n) is 3.94. The maximum atomic E-state index is 12.7. The van der Waals surface area contributed by atoms with E-state index in [9.17, 15) is 57.1 Å². The Morgan fingerprint density at radius 3 is 0.950 bits per heavy atom. The van der Waals surface area contributed by atoms with Crippen LogP contribution < -0.4 is 0 Å². The molecule has 0 saturated heterocycles. The number of hydrogen-bond donors (Lipinski definition) is 0. The number of alkyl halides is 13. The van der Waals surface area contributed by atoms with Crippen molar-refractivity contribution in [1.29, 1.82) is 0 Å². The molecule has 1 aliphatic rings. The molecule has 0 aromatic carbocycles. The third-order valence-corrected chi connectivity index (χ3v) is 2.68. The average molecular weight is 332 g/mol. The van der Waals surface area contributed by atoms with Gasteiger partial charge in [0.05, 0.1) is 0 Å². The summed E-state index contributed by atoms with van der Waals surface area (Å²) < 4.78 is 162. The van der Waals surface area contributed by atoms with E-state index in [0.717, 1.165) is 0 Å². The maximum absolute atomic E-state index is 12.7. The van der Waals surface area contributed by atoms with E-state index in [0.29, 0.717) is 0 Å². The molecule has 13 heteroatoms. The van der Waals surface area contributed by atoms with Crippen molar-refractivity contribution in [3.63, 3.8) is 0 Å². The summed E-state index contributed by atoms with van der Waals surface area (Å²) in [6, 6.07) is 0. The van der Waals surface area contributed by atoms with E-state index in [2.05, 4.69) is 0 Å². The minimum absolute atomic E-state index is 5.97. The summed E-state index contributed by atoms with van der Waals surface area (Å²) in [5.74, 6) is -42.3. The van der Waals surface area contributed by atoms with Gasteiger partial charge in [-0.3, -0.25) is 0 Å². The summed E-state index contributed by atoms with van der Waals surface area (Å²) in [6.07, 6.45) is -6.98. The molecular formula is C7HF13. The lowest BCUT2D eigenvalue weighted by molar-refractivity contribution is -0.488. The first-order chi connectivity index (χ1) is 8.37. The monoisotopic (exact) mass is 332 g/mol. The third-order valence-electron chi connectivity index (χ3n) is 2.68. The van der Waals surface area contributed by atoms with Gasteiger partial charge in [0.1, 0.15) is 0 Å². The molecule has 0 heterocycles.